The third-order valence-electron chi connectivity index (χ3n) is 3.82. The van der Waals surface area contributed by atoms with Crippen molar-refractivity contribution in [2.75, 3.05) is 0 Å². The van der Waals surface area contributed by atoms with Crippen LogP contribution in [0.2, 0.25) is 5.02 Å². The predicted molar refractivity (Wildman–Crippen MR) is 82.6 cm³/mol. The highest BCUT2D eigenvalue weighted by molar-refractivity contribution is 6.30. The molecule has 3 rings (SSSR count). The highest BCUT2D eigenvalue weighted by Crippen LogP contribution is 2.26. The zero-order valence-corrected chi connectivity index (χ0v) is 12.1. The summed E-state index contributed by atoms with van der Waals surface area (Å²) in [5.74, 6) is 0. The van der Waals surface area contributed by atoms with E-state index in [1.165, 1.54) is 5.56 Å². The summed E-state index contributed by atoms with van der Waals surface area (Å²) < 4.78 is 0. The fourth-order valence-corrected chi connectivity index (χ4v) is 2.98. The maximum atomic E-state index is 10.8. The average molecular weight is 303 g/mol. The van der Waals surface area contributed by atoms with Gasteiger partial charge in [-0.3, -0.25) is 10.1 Å². The van der Waals surface area contributed by atoms with Crippen LogP contribution in [0.1, 0.15) is 16.7 Å². The number of rotatable bonds is 4. The molecule has 0 spiro atoms. The second-order valence-corrected chi connectivity index (χ2v) is 5.76. The fraction of sp³-hybridized carbons (Fsp3) is 0.250. The fourth-order valence-electron chi connectivity index (χ4n) is 2.77. The lowest BCUT2D eigenvalue weighted by Gasteiger charge is -2.12. The van der Waals surface area contributed by atoms with E-state index < -0.39 is 0 Å². The molecule has 0 saturated carbocycles. The Hall–Kier alpha value is -1.91. The molecule has 0 saturated heterocycles. The van der Waals surface area contributed by atoms with Crippen molar-refractivity contribution in [1.29, 1.82) is 0 Å². The molecule has 0 bridgehead atoms. The molecule has 0 amide bonds. The number of nitro benzene ring substituents is 1. The third-order valence-corrected chi connectivity index (χ3v) is 4.05. The molecule has 0 radical (unpaired) electrons. The Kier molecular flexibility index (Phi) is 3.90. The largest absolute Gasteiger partial charge is 0.309 e. The zero-order chi connectivity index (χ0) is 14.8. The van der Waals surface area contributed by atoms with Gasteiger partial charge in [0.25, 0.3) is 5.69 Å². The number of halogens is 1. The van der Waals surface area contributed by atoms with E-state index in [9.17, 15) is 10.1 Å². The van der Waals surface area contributed by atoms with Crippen molar-refractivity contribution in [1.82, 2.24) is 5.32 Å². The van der Waals surface area contributed by atoms with Crippen LogP contribution in [0.15, 0.2) is 42.5 Å². The number of benzene rings is 2. The van der Waals surface area contributed by atoms with E-state index in [4.69, 9.17) is 11.6 Å². The van der Waals surface area contributed by atoms with Crippen LogP contribution in [0.5, 0.6) is 0 Å². The number of nitro groups is 1. The lowest BCUT2D eigenvalue weighted by Crippen LogP contribution is -2.28. The summed E-state index contributed by atoms with van der Waals surface area (Å²) in [7, 11) is 0. The number of nitrogens with zero attached hydrogens (tertiary/aromatic N) is 1. The molecule has 0 fully saturated rings. The Morgan fingerprint density at radius 2 is 2.00 bits per heavy atom. The first-order valence-electron chi connectivity index (χ1n) is 6.86. The van der Waals surface area contributed by atoms with Crippen molar-refractivity contribution in [2.24, 2.45) is 0 Å². The van der Waals surface area contributed by atoms with Crippen molar-refractivity contribution in [2.45, 2.75) is 25.4 Å². The van der Waals surface area contributed by atoms with Crippen LogP contribution >= 0.6 is 11.6 Å². The maximum Gasteiger partial charge on any atom is 0.269 e. The van der Waals surface area contributed by atoms with Gasteiger partial charge in [-0.1, -0.05) is 29.8 Å². The lowest BCUT2D eigenvalue weighted by atomic mass is 10.1. The van der Waals surface area contributed by atoms with Crippen LogP contribution in [0, 0.1) is 10.1 Å². The Labute approximate surface area is 127 Å². The van der Waals surface area contributed by atoms with Crippen LogP contribution < -0.4 is 5.32 Å². The summed E-state index contributed by atoms with van der Waals surface area (Å²) in [6.07, 6.45) is 1.74. The van der Waals surface area contributed by atoms with Crippen molar-refractivity contribution in [3.8, 4) is 0 Å². The van der Waals surface area contributed by atoms with Gasteiger partial charge < -0.3 is 5.32 Å². The minimum atomic E-state index is -0.340. The van der Waals surface area contributed by atoms with E-state index in [0.29, 0.717) is 6.04 Å². The van der Waals surface area contributed by atoms with Crippen LogP contribution in [-0.4, -0.2) is 11.0 Å². The van der Waals surface area contributed by atoms with Gasteiger partial charge in [-0.05, 0) is 41.7 Å². The van der Waals surface area contributed by atoms with Crippen molar-refractivity contribution >= 4 is 17.3 Å². The molecule has 2 aromatic rings. The molecular formula is C16H15ClN2O2. The second kappa shape index (κ2) is 5.84. The molecule has 21 heavy (non-hydrogen) atoms. The molecule has 1 N–H and O–H groups in total. The summed E-state index contributed by atoms with van der Waals surface area (Å²) in [4.78, 5) is 10.5. The van der Waals surface area contributed by atoms with Crippen molar-refractivity contribution < 1.29 is 4.92 Å². The van der Waals surface area contributed by atoms with Crippen molar-refractivity contribution in [3.63, 3.8) is 0 Å². The normalized spacial score (nSPS) is 16.7. The van der Waals surface area contributed by atoms with Crippen LogP contribution in [0.3, 0.4) is 0 Å². The van der Waals surface area contributed by atoms with Gasteiger partial charge in [0.05, 0.1) is 4.92 Å². The van der Waals surface area contributed by atoms with E-state index in [1.54, 1.807) is 12.1 Å². The van der Waals surface area contributed by atoms with Gasteiger partial charge in [-0.15, -0.1) is 0 Å². The summed E-state index contributed by atoms with van der Waals surface area (Å²) in [5, 5.41) is 15.0. The number of hydrogen-bond donors (Lipinski definition) is 1. The molecule has 0 aromatic heterocycles. The van der Waals surface area contributed by atoms with E-state index in [2.05, 4.69) is 5.32 Å². The SMILES string of the molecule is O=[N+]([O-])c1ccc2c(c1)CC(NCc1cccc(Cl)c1)C2. The van der Waals surface area contributed by atoms with Gasteiger partial charge in [0, 0.05) is 29.7 Å². The standard InChI is InChI=1S/C16H15ClN2O2/c17-14-3-1-2-11(6-14)10-18-15-7-12-4-5-16(19(20)21)9-13(12)8-15/h1-6,9,15,18H,7-8,10H2. The lowest BCUT2D eigenvalue weighted by molar-refractivity contribution is -0.384. The molecule has 1 atom stereocenters. The van der Waals surface area contributed by atoms with Gasteiger partial charge in [0.1, 0.15) is 0 Å². The van der Waals surface area contributed by atoms with Crippen LogP contribution in [0.25, 0.3) is 0 Å². The smallest absolute Gasteiger partial charge is 0.269 e. The summed E-state index contributed by atoms with van der Waals surface area (Å²) >= 11 is 5.97. The van der Waals surface area contributed by atoms with E-state index in [0.717, 1.165) is 35.5 Å². The van der Waals surface area contributed by atoms with E-state index in [-0.39, 0.29) is 10.6 Å². The first-order valence-corrected chi connectivity index (χ1v) is 7.23. The minimum Gasteiger partial charge on any atom is -0.309 e. The second-order valence-electron chi connectivity index (χ2n) is 5.33. The third kappa shape index (κ3) is 3.23. The summed E-state index contributed by atoms with van der Waals surface area (Å²) in [5.41, 5.74) is 3.59. The van der Waals surface area contributed by atoms with Crippen LogP contribution in [-0.2, 0) is 19.4 Å². The zero-order valence-electron chi connectivity index (χ0n) is 11.4. The molecule has 5 heteroatoms. The molecule has 0 aliphatic heterocycles. The quantitative estimate of drug-likeness (QED) is 0.694. The first-order chi connectivity index (χ1) is 10.1. The molecule has 108 valence electrons. The summed E-state index contributed by atoms with van der Waals surface area (Å²) in [6.45, 7) is 0.751. The maximum absolute atomic E-state index is 10.8. The number of non-ortho nitro benzene ring substituents is 1. The molecule has 1 aliphatic rings. The molecule has 4 nitrogen and oxygen atoms in total. The van der Waals surface area contributed by atoms with Gasteiger partial charge in [0.15, 0.2) is 0 Å². The predicted octanol–water partition coefficient (Wildman–Crippen LogP) is 3.51. The molecule has 1 unspecified atom stereocenters. The molecule has 0 heterocycles. The van der Waals surface area contributed by atoms with Crippen LogP contribution in [0.4, 0.5) is 5.69 Å². The van der Waals surface area contributed by atoms with E-state index >= 15 is 0 Å². The Morgan fingerprint density at radius 3 is 2.76 bits per heavy atom. The monoisotopic (exact) mass is 302 g/mol. The first kappa shape index (κ1) is 14.0. The Morgan fingerprint density at radius 1 is 1.19 bits per heavy atom. The summed E-state index contributed by atoms with van der Waals surface area (Å²) in [6, 6.07) is 13.2. The van der Waals surface area contributed by atoms with Gasteiger partial charge in [-0.25, -0.2) is 0 Å². The molecular weight excluding hydrogens is 288 g/mol. The highest BCUT2D eigenvalue weighted by atomic mass is 35.5. The minimum absolute atomic E-state index is 0.171. The number of nitrogens with one attached hydrogen (secondary N) is 1. The Balaban J connectivity index is 1.64. The average Bonchev–Trinajstić information content (AvgIpc) is 2.87. The van der Waals surface area contributed by atoms with E-state index in [1.807, 2.05) is 30.3 Å². The van der Waals surface area contributed by atoms with Crippen molar-refractivity contribution in [3.05, 3.63) is 74.3 Å². The molecule has 2 aromatic carbocycles. The number of fused-ring (bicyclic) bond motifs is 1. The Bertz CT molecular complexity index is 688. The molecule has 1 aliphatic carbocycles. The van der Waals surface area contributed by atoms with Gasteiger partial charge >= 0.3 is 0 Å². The van der Waals surface area contributed by atoms with Gasteiger partial charge in [0.2, 0.25) is 0 Å². The highest BCUT2D eigenvalue weighted by Gasteiger charge is 2.23. The van der Waals surface area contributed by atoms with Gasteiger partial charge in [-0.2, -0.15) is 0 Å². The topological polar surface area (TPSA) is 55.2 Å². The number of hydrogen-bond acceptors (Lipinski definition) is 3.